The molecule has 0 aliphatic carbocycles. The Morgan fingerprint density at radius 1 is 2.00 bits per heavy atom. The molecule has 0 aliphatic rings. The van der Waals surface area contributed by atoms with Crippen LogP contribution >= 0.6 is 0 Å². The van der Waals surface area contributed by atoms with Crippen molar-refractivity contribution < 1.29 is 18.5 Å². The van der Waals surface area contributed by atoms with Crippen molar-refractivity contribution in [1.29, 1.82) is 0 Å². The highest BCUT2D eigenvalue weighted by Crippen LogP contribution is 1.98. The second kappa shape index (κ2) is 3.07. The Balaban J connectivity index is 3.01. The molecule has 0 atom stereocenters. The van der Waals surface area contributed by atoms with Gasteiger partial charge in [-0.3, -0.25) is 14.3 Å². The van der Waals surface area contributed by atoms with Crippen LogP contribution in [-0.2, 0) is 4.79 Å². The van der Waals surface area contributed by atoms with E-state index in [-0.39, 0.29) is 0 Å². The summed E-state index contributed by atoms with van der Waals surface area (Å²) in [6.07, 6.45) is 0. The van der Waals surface area contributed by atoms with Gasteiger partial charge >= 0.3 is 11.7 Å². The number of nitrogens with zero attached hydrogens (tertiary/aromatic N) is 2. The molecule has 66 valence electrons. The van der Waals surface area contributed by atoms with E-state index < -0.39 is 31.2 Å². The van der Waals surface area contributed by atoms with Gasteiger partial charge in [0.05, 0.1) is 0 Å². The van der Waals surface area contributed by atoms with Crippen molar-refractivity contribution in [1.82, 2.24) is 10.1 Å². The van der Waals surface area contributed by atoms with Crippen molar-refractivity contribution >= 4 is 11.9 Å². The van der Waals surface area contributed by atoms with E-state index in [0.717, 1.165) is 0 Å². The molecule has 0 aromatic carbocycles. The first-order valence-corrected chi connectivity index (χ1v) is 2.86. The lowest BCUT2D eigenvalue weighted by atomic mass is 10.6. The number of anilines is 1. The monoisotopic (exact) mass is 176 g/mol. The number of aromatic nitrogens is 2. The summed E-state index contributed by atoms with van der Waals surface area (Å²) >= 11 is 0. The van der Waals surface area contributed by atoms with Crippen LogP contribution in [0.3, 0.4) is 0 Å². The van der Waals surface area contributed by atoms with Crippen LogP contribution in [0, 0.1) is 0 Å². The van der Waals surface area contributed by atoms with Crippen LogP contribution in [0.15, 0.2) is 9.32 Å². The molecule has 0 unspecified atom stereocenters. The van der Waals surface area contributed by atoms with Gasteiger partial charge in [-0.15, -0.1) is 0 Å². The maximum atomic E-state index is 10.6. The van der Waals surface area contributed by atoms with Crippen LogP contribution in [-0.4, -0.2) is 34.7 Å². The zero-order chi connectivity index (χ0) is 11.6. The zero-order valence-electron chi connectivity index (χ0n) is 8.77. The smallest absolute Gasteiger partial charge is 0.440 e. The molecule has 12 heavy (non-hydrogen) atoms. The SMILES string of the molecule is [2H]C([2H])([2H])N(CC(=O)O)c1noc(=O)[nH]1. The van der Waals surface area contributed by atoms with Gasteiger partial charge in [-0.05, 0) is 5.16 Å². The standard InChI is InChI=1S/C5H7N3O4/c1-8(2-3(9)10)4-6-5(11)12-7-4/h2H2,1H3,(H,9,10)(H,6,7,11)/i1D3. The van der Waals surface area contributed by atoms with Crippen LogP contribution in [0.5, 0.6) is 0 Å². The van der Waals surface area contributed by atoms with E-state index in [2.05, 4.69) is 9.68 Å². The van der Waals surface area contributed by atoms with Crippen molar-refractivity contribution in [2.75, 3.05) is 18.4 Å². The third-order valence-electron chi connectivity index (χ3n) is 0.978. The molecular formula is C5H7N3O4. The molecule has 1 heterocycles. The van der Waals surface area contributed by atoms with Gasteiger partial charge in [-0.25, -0.2) is 4.79 Å². The van der Waals surface area contributed by atoms with Gasteiger partial charge in [0.1, 0.15) is 6.54 Å². The Labute approximate surface area is 70.8 Å². The summed E-state index contributed by atoms with van der Waals surface area (Å²) < 4.78 is 25.1. The van der Waals surface area contributed by atoms with Gasteiger partial charge in [0.2, 0.25) is 5.95 Å². The summed E-state index contributed by atoms with van der Waals surface area (Å²) in [5.41, 5.74) is 0. The fourth-order valence-electron chi connectivity index (χ4n) is 0.549. The van der Waals surface area contributed by atoms with Crippen LogP contribution in [0.4, 0.5) is 5.95 Å². The fraction of sp³-hybridized carbons (Fsp3) is 0.400. The first-order valence-electron chi connectivity index (χ1n) is 4.36. The lowest BCUT2D eigenvalue weighted by Crippen LogP contribution is -2.26. The third-order valence-corrected chi connectivity index (χ3v) is 0.978. The molecular weight excluding hydrogens is 166 g/mol. The van der Waals surface area contributed by atoms with Crippen LogP contribution in [0.2, 0.25) is 0 Å². The normalized spacial score (nSPS) is 14.5. The number of aromatic amines is 1. The van der Waals surface area contributed by atoms with Crippen molar-refractivity contribution in [3.05, 3.63) is 10.6 Å². The van der Waals surface area contributed by atoms with Gasteiger partial charge in [-0.2, -0.15) is 0 Å². The molecule has 1 aromatic heterocycles. The Bertz CT molecular complexity index is 408. The molecule has 1 rings (SSSR count). The van der Waals surface area contributed by atoms with Gasteiger partial charge in [0.15, 0.2) is 0 Å². The molecule has 0 bridgehead atoms. The average Bonchev–Trinajstić information content (AvgIpc) is 2.45. The van der Waals surface area contributed by atoms with Crippen LogP contribution in [0.25, 0.3) is 0 Å². The molecule has 0 saturated carbocycles. The second-order valence-corrected chi connectivity index (χ2v) is 1.90. The Hall–Kier alpha value is -1.79. The van der Waals surface area contributed by atoms with E-state index in [1.165, 1.54) is 0 Å². The number of H-pyrrole nitrogens is 1. The molecule has 0 spiro atoms. The number of hydrogen-bond donors (Lipinski definition) is 2. The number of likely N-dealkylation sites (N-methyl/N-ethyl adjacent to an activating group) is 1. The van der Waals surface area contributed by atoms with Crippen molar-refractivity contribution in [3.63, 3.8) is 0 Å². The molecule has 0 saturated heterocycles. The highest BCUT2D eigenvalue weighted by molar-refractivity contribution is 5.72. The Kier molecular flexibility index (Phi) is 1.27. The van der Waals surface area contributed by atoms with E-state index in [1.807, 2.05) is 4.98 Å². The third kappa shape index (κ3) is 1.84. The minimum Gasteiger partial charge on any atom is -0.480 e. The molecule has 7 heteroatoms. The maximum Gasteiger partial charge on any atom is 0.440 e. The van der Waals surface area contributed by atoms with Gasteiger partial charge < -0.3 is 10.0 Å². The number of aliphatic carboxylic acids is 1. The van der Waals surface area contributed by atoms with Gasteiger partial charge in [0.25, 0.3) is 0 Å². The summed E-state index contributed by atoms with van der Waals surface area (Å²) in [5, 5.41) is 11.6. The number of hydrogen-bond acceptors (Lipinski definition) is 5. The number of nitrogens with one attached hydrogen (secondary N) is 1. The van der Waals surface area contributed by atoms with E-state index in [0.29, 0.717) is 4.90 Å². The fourth-order valence-corrected chi connectivity index (χ4v) is 0.549. The number of rotatable bonds is 3. The largest absolute Gasteiger partial charge is 0.480 e. The topological polar surface area (TPSA) is 99.4 Å². The highest BCUT2D eigenvalue weighted by atomic mass is 16.5. The minimum absolute atomic E-state index is 0.431. The molecule has 2 N–H and O–H groups in total. The number of carbonyl (C=O) groups is 1. The molecule has 0 radical (unpaired) electrons. The summed E-state index contributed by atoms with van der Waals surface area (Å²) in [6, 6.07) is 0. The molecule has 0 amide bonds. The second-order valence-electron chi connectivity index (χ2n) is 1.90. The summed E-state index contributed by atoms with van der Waals surface area (Å²) in [5.74, 6) is -2.76. The Morgan fingerprint density at radius 3 is 3.17 bits per heavy atom. The van der Waals surface area contributed by atoms with Crippen LogP contribution in [0.1, 0.15) is 4.11 Å². The van der Waals surface area contributed by atoms with E-state index in [4.69, 9.17) is 9.22 Å². The lowest BCUT2D eigenvalue weighted by Gasteiger charge is -2.09. The number of carboxylic acid groups (broad SMARTS) is 1. The maximum absolute atomic E-state index is 10.6. The van der Waals surface area contributed by atoms with E-state index >= 15 is 0 Å². The van der Waals surface area contributed by atoms with Crippen molar-refractivity contribution in [2.24, 2.45) is 0 Å². The zero-order valence-corrected chi connectivity index (χ0v) is 5.77. The van der Waals surface area contributed by atoms with Gasteiger partial charge in [0, 0.05) is 11.1 Å². The first-order chi connectivity index (χ1) is 6.80. The number of carboxylic acids is 1. The quantitative estimate of drug-likeness (QED) is 0.605. The first kappa shape index (κ1) is 4.96. The summed E-state index contributed by atoms with van der Waals surface area (Å²) in [4.78, 5) is 23.3. The van der Waals surface area contributed by atoms with Crippen molar-refractivity contribution in [2.45, 2.75) is 0 Å². The van der Waals surface area contributed by atoms with Crippen molar-refractivity contribution in [3.8, 4) is 0 Å². The Morgan fingerprint density at radius 2 is 2.75 bits per heavy atom. The average molecular weight is 176 g/mol. The van der Waals surface area contributed by atoms with Gasteiger partial charge in [-0.1, -0.05) is 0 Å². The summed E-state index contributed by atoms with van der Waals surface area (Å²) in [7, 11) is 0. The molecule has 0 aliphatic heterocycles. The van der Waals surface area contributed by atoms with E-state index in [9.17, 15) is 9.59 Å². The predicted octanol–water partition coefficient (Wildman–Crippen LogP) is -1.12. The lowest BCUT2D eigenvalue weighted by molar-refractivity contribution is -0.135. The summed E-state index contributed by atoms with van der Waals surface area (Å²) in [6.45, 7) is -3.54. The highest BCUT2D eigenvalue weighted by Gasteiger charge is 2.09. The van der Waals surface area contributed by atoms with Crippen LogP contribution < -0.4 is 10.7 Å². The molecule has 1 aromatic rings. The minimum atomic E-state index is -2.72. The molecule has 7 nitrogen and oxygen atoms in total. The predicted molar refractivity (Wildman–Crippen MR) is 38.0 cm³/mol. The van der Waals surface area contributed by atoms with E-state index in [1.54, 1.807) is 0 Å². The molecule has 0 fully saturated rings.